The van der Waals surface area contributed by atoms with Crippen LogP contribution in [0.25, 0.3) is 0 Å². The van der Waals surface area contributed by atoms with Gasteiger partial charge in [0.2, 0.25) is 0 Å². The fourth-order valence-electron chi connectivity index (χ4n) is 0.560. The molecule has 0 aromatic carbocycles. The fraction of sp³-hybridized carbons (Fsp3) is 0.714. The monoisotopic (exact) mass is 158 g/mol. The van der Waals surface area contributed by atoms with Crippen LogP contribution in [0.3, 0.4) is 0 Å². The van der Waals surface area contributed by atoms with E-state index >= 15 is 0 Å². The Morgan fingerprint density at radius 1 is 1.09 bits per heavy atom. The number of nitrogens with one attached hydrogen (secondary N) is 2. The first kappa shape index (κ1) is 9.94. The number of rotatable bonds is 3. The van der Waals surface area contributed by atoms with Gasteiger partial charge in [-0.1, -0.05) is 6.92 Å². The summed E-state index contributed by atoms with van der Waals surface area (Å²) in [6, 6.07) is 0. The summed E-state index contributed by atoms with van der Waals surface area (Å²) < 4.78 is 0. The molecular weight excluding hydrogens is 144 g/mol. The van der Waals surface area contributed by atoms with E-state index in [1.54, 1.807) is 6.92 Å². The molecule has 64 valence electrons. The highest BCUT2D eigenvalue weighted by Crippen LogP contribution is 1.72. The normalized spacial score (nSPS) is 8.91. The Kier molecular flexibility index (Phi) is 5.15. The molecule has 0 radical (unpaired) electrons. The Morgan fingerprint density at radius 3 is 2.09 bits per heavy atom. The lowest BCUT2D eigenvalue weighted by molar-refractivity contribution is -0.139. The highest BCUT2D eigenvalue weighted by atomic mass is 16.2. The molecule has 0 heterocycles. The van der Waals surface area contributed by atoms with E-state index in [0.717, 1.165) is 6.42 Å². The average Bonchev–Trinajstić information content (AvgIpc) is 2.00. The lowest BCUT2D eigenvalue weighted by Gasteiger charge is -2.01. The number of carbonyl (C=O) groups excluding carboxylic acids is 2. The highest BCUT2D eigenvalue weighted by Gasteiger charge is 2.09. The van der Waals surface area contributed by atoms with Crippen LogP contribution in [0.4, 0.5) is 0 Å². The van der Waals surface area contributed by atoms with Crippen LogP contribution in [0.1, 0.15) is 20.3 Å². The summed E-state index contributed by atoms with van der Waals surface area (Å²) in [6.45, 7) is 4.73. The standard InChI is InChI=1S/C7H14N2O2/c1-3-5-9-7(11)6(10)8-4-2/h3-5H2,1-2H3,(H,8,10)(H,9,11). The van der Waals surface area contributed by atoms with Crippen molar-refractivity contribution in [1.29, 1.82) is 0 Å². The van der Waals surface area contributed by atoms with Gasteiger partial charge in [0.05, 0.1) is 0 Å². The van der Waals surface area contributed by atoms with Crippen LogP contribution in [0.2, 0.25) is 0 Å². The molecule has 0 aliphatic heterocycles. The molecule has 0 saturated heterocycles. The molecule has 4 nitrogen and oxygen atoms in total. The van der Waals surface area contributed by atoms with Gasteiger partial charge in [0, 0.05) is 13.1 Å². The van der Waals surface area contributed by atoms with E-state index in [9.17, 15) is 9.59 Å². The number of hydrogen-bond acceptors (Lipinski definition) is 2. The lowest BCUT2D eigenvalue weighted by atomic mass is 10.4. The average molecular weight is 158 g/mol. The van der Waals surface area contributed by atoms with Crippen molar-refractivity contribution >= 4 is 11.8 Å². The zero-order valence-electron chi connectivity index (χ0n) is 6.94. The van der Waals surface area contributed by atoms with Gasteiger partial charge in [-0.15, -0.1) is 0 Å². The summed E-state index contributed by atoms with van der Waals surface area (Å²) >= 11 is 0. The molecular formula is C7H14N2O2. The van der Waals surface area contributed by atoms with E-state index in [-0.39, 0.29) is 0 Å². The van der Waals surface area contributed by atoms with E-state index in [2.05, 4.69) is 10.6 Å². The van der Waals surface area contributed by atoms with Crippen molar-refractivity contribution < 1.29 is 9.59 Å². The van der Waals surface area contributed by atoms with Crippen LogP contribution in [0.15, 0.2) is 0 Å². The van der Waals surface area contributed by atoms with E-state index in [1.165, 1.54) is 0 Å². The smallest absolute Gasteiger partial charge is 0.309 e. The van der Waals surface area contributed by atoms with E-state index in [1.807, 2.05) is 6.92 Å². The second-order valence-corrected chi connectivity index (χ2v) is 2.12. The third kappa shape index (κ3) is 4.36. The van der Waals surface area contributed by atoms with Crippen molar-refractivity contribution in [2.45, 2.75) is 20.3 Å². The maximum Gasteiger partial charge on any atom is 0.309 e. The Hall–Kier alpha value is -1.06. The molecule has 11 heavy (non-hydrogen) atoms. The van der Waals surface area contributed by atoms with Crippen LogP contribution < -0.4 is 10.6 Å². The maximum absolute atomic E-state index is 10.8. The van der Waals surface area contributed by atoms with Crippen molar-refractivity contribution in [3.63, 3.8) is 0 Å². The molecule has 0 unspecified atom stereocenters. The molecule has 2 amide bonds. The molecule has 0 rings (SSSR count). The summed E-state index contributed by atoms with van der Waals surface area (Å²) in [5, 5.41) is 4.87. The molecule has 0 aliphatic rings. The molecule has 0 fully saturated rings. The summed E-state index contributed by atoms with van der Waals surface area (Å²) in [6.07, 6.45) is 0.838. The predicted octanol–water partition coefficient (Wildman–Crippen LogP) is -0.351. The number of hydrogen-bond donors (Lipinski definition) is 2. The topological polar surface area (TPSA) is 58.2 Å². The number of carbonyl (C=O) groups is 2. The second kappa shape index (κ2) is 5.70. The van der Waals surface area contributed by atoms with Gasteiger partial charge in [0.15, 0.2) is 0 Å². The molecule has 0 atom stereocenters. The minimum absolute atomic E-state index is 0.485. The minimum atomic E-state index is -0.555. The molecule has 0 aromatic rings. The molecule has 0 aromatic heterocycles. The first-order valence-electron chi connectivity index (χ1n) is 3.78. The summed E-state index contributed by atoms with van der Waals surface area (Å²) in [4.78, 5) is 21.5. The summed E-state index contributed by atoms with van der Waals surface area (Å²) in [5.41, 5.74) is 0. The van der Waals surface area contributed by atoms with Gasteiger partial charge >= 0.3 is 11.8 Å². The Balaban J connectivity index is 3.56. The van der Waals surface area contributed by atoms with Crippen LogP contribution in [-0.2, 0) is 9.59 Å². The van der Waals surface area contributed by atoms with Crippen molar-refractivity contribution in [2.24, 2.45) is 0 Å². The first-order chi connectivity index (χ1) is 5.22. The van der Waals surface area contributed by atoms with Crippen LogP contribution in [-0.4, -0.2) is 24.9 Å². The van der Waals surface area contributed by atoms with Gasteiger partial charge in [-0.25, -0.2) is 0 Å². The van der Waals surface area contributed by atoms with E-state index < -0.39 is 11.8 Å². The first-order valence-corrected chi connectivity index (χ1v) is 3.78. The van der Waals surface area contributed by atoms with Crippen LogP contribution >= 0.6 is 0 Å². The highest BCUT2D eigenvalue weighted by molar-refractivity contribution is 6.35. The quantitative estimate of drug-likeness (QED) is 0.551. The van der Waals surface area contributed by atoms with Gasteiger partial charge in [-0.05, 0) is 13.3 Å². The van der Waals surface area contributed by atoms with Gasteiger partial charge in [-0.3, -0.25) is 9.59 Å². The van der Waals surface area contributed by atoms with Crippen molar-refractivity contribution in [2.75, 3.05) is 13.1 Å². The Morgan fingerprint density at radius 2 is 1.64 bits per heavy atom. The Bertz CT molecular complexity index is 145. The third-order valence-corrected chi connectivity index (χ3v) is 1.08. The zero-order chi connectivity index (χ0) is 8.69. The van der Waals surface area contributed by atoms with Crippen molar-refractivity contribution in [3.8, 4) is 0 Å². The summed E-state index contributed by atoms with van der Waals surface area (Å²) in [5.74, 6) is -1.10. The largest absolute Gasteiger partial charge is 0.348 e. The zero-order valence-corrected chi connectivity index (χ0v) is 6.94. The molecule has 0 spiro atoms. The maximum atomic E-state index is 10.8. The molecule has 4 heteroatoms. The van der Waals surface area contributed by atoms with Gasteiger partial charge in [0.25, 0.3) is 0 Å². The molecule has 0 saturated carbocycles. The molecule has 0 bridgehead atoms. The van der Waals surface area contributed by atoms with Crippen molar-refractivity contribution in [1.82, 2.24) is 10.6 Å². The Labute approximate surface area is 66.4 Å². The number of likely N-dealkylation sites (N-methyl/N-ethyl adjacent to an activating group) is 1. The van der Waals surface area contributed by atoms with Gasteiger partial charge in [0.1, 0.15) is 0 Å². The SMILES string of the molecule is CCCNC(=O)C(=O)NCC. The van der Waals surface area contributed by atoms with Gasteiger partial charge in [-0.2, -0.15) is 0 Å². The lowest BCUT2D eigenvalue weighted by Crippen LogP contribution is -2.39. The van der Waals surface area contributed by atoms with Crippen LogP contribution in [0, 0.1) is 0 Å². The summed E-state index contributed by atoms with van der Waals surface area (Å²) in [7, 11) is 0. The minimum Gasteiger partial charge on any atom is -0.348 e. The van der Waals surface area contributed by atoms with Gasteiger partial charge < -0.3 is 10.6 Å². The van der Waals surface area contributed by atoms with E-state index in [4.69, 9.17) is 0 Å². The van der Waals surface area contributed by atoms with Crippen LogP contribution in [0.5, 0.6) is 0 Å². The van der Waals surface area contributed by atoms with E-state index in [0.29, 0.717) is 13.1 Å². The fourth-order valence-corrected chi connectivity index (χ4v) is 0.560. The molecule has 0 aliphatic carbocycles. The number of amides is 2. The van der Waals surface area contributed by atoms with Crippen molar-refractivity contribution in [3.05, 3.63) is 0 Å². The molecule has 2 N–H and O–H groups in total. The third-order valence-electron chi connectivity index (χ3n) is 1.08. The second-order valence-electron chi connectivity index (χ2n) is 2.12. The predicted molar refractivity (Wildman–Crippen MR) is 42.0 cm³/mol.